The Labute approximate surface area is 170 Å². The smallest absolute Gasteiger partial charge is 0.130 e. The molecular weight excluding hydrogens is 354 g/mol. The van der Waals surface area contributed by atoms with Gasteiger partial charge in [-0.1, -0.05) is 83.7 Å². The number of hydrogen-bond donors (Lipinski definition) is 3. The summed E-state index contributed by atoms with van der Waals surface area (Å²) in [6.07, 6.45) is 8.81. The summed E-state index contributed by atoms with van der Waals surface area (Å²) in [6.45, 7) is 8.58. The lowest BCUT2D eigenvalue weighted by molar-refractivity contribution is -0.00540. The second kappa shape index (κ2) is 10.7. The molecule has 2 rings (SSSR count). The van der Waals surface area contributed by atoms with Crippen LogP contribution in [0.15, 0.2) is 29.2 Å². The van der Waals surface area contributed by atoms with Crippen molar-refractivity contribution >= 4 is 17.4 Å². The molecule has 1 aromatic rings. The average molecular weight is 394 g/mol. The third-order valence-corrected chi connectivity index (χ3v) is 7.67. The summed E-state index contributed by atoms with van der Waals surface area (Å²) in [5, 5.41) is 25.0. The monoisotopic (exact) mass is 393 g/mol. The van der Waals surface area contributed by atoms with Crippen LogP contribution in [-0.4, -0.2) is 21.9 Å². The Balaban J connectivity index is 2.18. The van der Waals surface area contributed by atoms with E-state index < -0.39 is 11.7 Å². The molecule has 3 N–H and O–H groups in total. The van der Waals surface area contributed by atoms with E-state index in [9.17, 15) is 10.2 Å². The largest absolute Gasteiger partial charge is 0.382 e. The highest BCUT2D eigenvalue weighted by molar-refractivity contribution is 7.99. The van der Waals surface area contributed by atoms with Crippen LogP contribution < -0.4 is 5.32 Å². The molecule has 1 fully saturated rings. The van der Waals surface area contributed by atoms with Crippen LogP contribution in [0.5, 0.6) is 0 Å². The van der Waals surface area contributed by atoms with E-state index in [0.717, 1.165) is 29.8 Å². The fourth-order valence-corrected chi connectivity index (χ4v) is 5.20. The number of nitrogens with one attached hydrogen (secondary N) is 1. The maximum absolute atomic E-state index is 11.3. The van der Waals surface area contributed by atoms with Crippen molar-refractivity contribution in [2.24, 2.45) is 17.3 Å². The quantitative estimate of drug-likeness (QED) is 0.324. The third-order valence-electron chi connectivity index (χ3n) is 6.28. The molecule has 154 valence electrons. The predicted octanol–water partition coefficient (Wildman–Crippen LogP) is 6.26. The van der Waals surface area contributed by atoms with Gasteiger partial charge in [0.1, 0.15) is 11.7 Å². The van der Waals surface area contributed by atoms with Gasteiger partial charge in [0, 0.05) is 16.0 Å². The van der Waals surface area contributed by atoms with Gasteiger partial charge in [-0.25, -0.2) is 0 Å². The van der Waals surface area contributed by atoms with Crippen molar-refractivity contribution < 1.29 is 10.2 Å². The zero-order valence-corrected chi connectivity index (χ0v) is 18.4. The van der Waals surface area contributed by atoms with E-state index in [1.54, 1.807) is 0 Å². The Morgan fingerprint density at radius 3 is 2.26 bits per heavy atom. The SMILES string of the molecule is CCC(CC)CC1(C(O)Nc2ccccc2SC(O)C(C)C)CCCCC1. The van der Waals surface area contributed by atoms with Gasteiger partial charge in [-0.15, -0.1) is 0 Å². The lowest BCUT2D eigenvalue weighted by Crippen LogP contribution is -2.43. The van der Waals surface area contributed by atoms with Crippen LogP contribution in [0, 0.1) is 17.3 Å². The summed E-state index contributed by atoms with van der Waals surface area (Å²) in [5.74, 6) is 0.861. The van der Waals surface area contributed by atoms with Crippen LogP contribution in [-0.2, 0) is 0 Å². The molecule has 2 atom stereocenters. The van der Waals surface area contributed by atoms with Crippen LogP contribution in [0.2, 0.25) is 0 Å². The van der Waals surface area contributed by atoms with E-state index in [1.165, 1.54) is 43.9 Å². The number of aliphatic hydroxyl groups is 2. The zero-order valence-electron chi connectivity index (χ0n) is 17.6. The molecule has 0 saturated heterocycles. The van der Waals surface area contributed by atoms with Crippen LogP contribution >= 0.6 is 11.8 Å². The molecule has 0 amide bonds. The molecule has 0 aromatic heterocycles. The van der Waals surface area contributed by atoms with Crippen molar-refractivity contribution in [3.63, 3.8) is 0 Å². The molecule has 0 radical (unpaired) electrons. The molecular formula is C23H39NO2S. The first kappa shape index (κ1) is 22.6. The molecule has 2 unspecified atom stereocenters. The van der Waals surface area contributed by atoms with Gasteiger partial charge in [0.2, 0.25) is 0 Å². The molecule has 0 heterocycles. The lowest BCUT2D eigenvalue weighted by Gasteiger charge is -2.44. The highest BCUT2D eigenvalue weighted by atomic mass is 32.2. The summed E-state index contributed by atoms with van der Waals surface area (Å²) in [7, 11) is 0. The lowest BCUT2D eigenvalue weighted by atomic mass is 9.67. The Morgan fingerprint density at radius 1 is 1.04 bits per heavy atom. The third kappa shape index (κ3) is 6.13. The summed E-state index contributed by atoms with van der Waals surface area (Å²) in [4.78, 5) is 1.01. The number of anilines is 1. The van der Waals surface area contributed by atoms with E-state index in [2.05, 4.69) is 19.2 Å². The molecule has 4 heteroatoms. The van der Waals surface area contributed by atoms with E-state index in [-0.39, 0.29) is 11.3 Å². The fourth-order valence-electron chi connectivity index (χ4n) is 4.25. The van der Waals surface area contributed by atoms with Gasteiger partial charge < -0.3 is 15.5 Å². The number of aliphatic hydroxyl groups excluding tert-OH is 2. The number of para-hydroxylation sites is 1. The molecule has 0 bridgehead atoms. The normalized spacial score (nSPS) is 19.3. The van der Waals surface area contributed by atoms with E-state index in [0.29, 0.717) is 5.92 Å². The first-order valence-electron chi connectivity index (χ1n) is 10.8. The second-order valence-electron chi connectivity index (χ2n) is 8.61. The van der Waals surface area contributed by atoms with Gasteiger partial charge in [0.25, 0.3) is 0 Å². The Morgan fingerprint density at radius 2 is 1.67 bits per heavy atom. The molecule has 1 saturated carbocycles. The average Bonchev–Trinajstić information content (AvgIpc) is 2.68. The molecule has 0 aliphatic heterocycles. The Hall–Kier alpha value is -0.710. The van der Waals surface area contributed by atoms with Crippen LogP contribution in [0.3, 0.4) is 0 Å². The van der Waals surface area contributed by atoms with Gasteiger partial charge >= 0.3 is 0 Å². The summed E-state index contributed by atoms with van der Waals surface area (Å²) in [5.41, 5.74) is 0.450. The van der Waals surface area contributed by atoms with E-state index in [1.807, 2.05) is 38.1 Å². The summed E-state index contributed by atoms with van der Waals surface area (Å²) < 4.78 is 0. The molecule has 0 spiro atoms. The van der Waals surface area contributed by atoms with Gasteiger partial charge in [0.05, 0.1) is 0 Å². The standard InChI is InChI=1S/C23H39NO2S/c1-5-18(6-2)16-23(14-10-7-11-15-23)22(26)24-19-12-8-9-13-20(19)27-21(25)17(3)4/h8-9,12-13,17-18,21-22,24-26H,5-7,10-11,14-16H2,1-4H3. The Bertz CT molecular complexity index is 553. The Kier molecular flexibility index (Phi) is 8.97. The highest BCUT2D eigenvalue weighted by Crippen LogP contribution is 2.46. The van der Waals surface area contributed by atoms with Gasteiger partial charge in [-0.2, -0.15) is 0 Å². The van der Waals surface area contributed by atoms with Crippen LogP contribution in [0.1, 0.15) is 79.1 Å². The molecule has 27 heavy (non-hydrogen) atoms. The van der Waals surface area contributed by atoms with E-state index in [4.69, 9.17) is 0 Å². The van der Waals surface area contributed by atoms with Crippen molar-refractivity contribution in [3.8, 4) is 0 Å². The minimum Gasteiger partial charge on any atom is -0.382 e. The number of benzene rings is 1. The maximum atomic E-state index is 11.3. The van der Waals surface area contributed by atoms with Crippen LogP contribution in [0.25, 0.3) is 0 Å². The fraction of sp³-hybridized carbons (Fsp3) is 0.739. The predicted molar refractivity (Wildman–Crippen MR) is 117 cm³/mol. The van der Waals surface area contributed by atoms with Crippen molar-refractivity contribution in [2.45, 2.75) is 95.6 Å². The molecule has 1 aliphatic carbocycles. The zero-order chi connectivity index (χ0) is 19.9. The number of rotatable bonds is 10. The second-order valence-corrected chi connectivity index (χ2v) is 9.76. The number of hydrogen-bond acceptors (Lipinski definition) is 4. The molecule has 1 aromatic carbocycles. The minimum absolute atomic E-state index is 0.0383. The summed E-state index contributed by atoms with van der Waals surface area (Å²) in [6, 6.07) is 8.04. The minimum atomic E-state index is -0.545. The maximum Gasteiger partial charge on any atom is 0.130 e. The van der Waals surface area contributed by atoms with Crippen molar-refractivity contribution in [1.82, 2.24) is 0 Å². The van der Waals surface area contributed by atoms with Crippen molar-refractivity contribution in [1.29, 1.82) is 0 Å². The summed E-state index contributed by atoms with van der Waals surface area (Å²) >= 11 is 1.47. The van der Waals surface area contributed by atoms with Crippen LogP contribution in [0.4, 0.5) is 5.69 Å². The van der Waals surface area contributed by atoms with Crippen molar-refractivity contribution in [3.05, 3.63) is 24.3 Å². The van der Waals surface area contributed by atoms with Gasteiger partial charge in [-0.05, 0) is 43.2 Å². The highest BCUT2D eigenvalue weighted by Gasteiger charge is 2.40. The topological polar surface area (TPSA) is 52.5 Å². The molecule has 1 aliphatic rings. The molecule has 3 nitrogen and oxygen atoms in total. The van der Waals surface area contributed by atoms with Gasteiger partial charge in [-0.3, -0.25) is 0 Å². The first-order valence-corrected chi connectivity index (χ1v) is 11.7. The first-order chi connectivity index (χ1) is 12.9. The van der Waals surface area contributed by atoms with Gasteiger partial charge in [0.15, 0.2) is 0 Å². The van der Waals surface area contributed by atoms with E-state index >= 15 is 0 Å². The van der Waals surface area contributed by atoms with Crippen molar-refractivity contribution in [2.75, 3.05) is 5.32 Å². The number of thioether (sulfide) groups is 1.